The Morgan fingerprint density at radius 3 is 2.96 bits per heavy atom. The topological polar surface area (TPSA) is 68.2 Å². The molecule has 1 aliphatic heterocycles. The molecule has 0 saturated carbocycles. The van der Waals surface area contributed by atoms with Crippen molar-refractivity contribution < 1.29 is 9.53 Å². The summed E-state index contributed by atoms with van der Waals surface area (Å²) in [6, 6.07) is 6.37. The van der Waals surface area contributed by atoms with Crippen LogP contribution in [0.25, 0.3) is 10.9 Å². The highest BCUT2D eigenvalue weighted by Gasteiger charge is 2.20. The Morgan fingerprint density at radius 2 is 2.26 bits per heavy atom. The van der Waals surface area contributed by atoms with Gasteiger partial charge in [-0.2, -0.15) is 9.78 Å². The minimum Gasteiger partial charge on any atom is -0.442 e. The third-order valence-electron chi connectivity index (χ3n) is 3.80. The van der Waals surface area contributed by atoms with Crippen molar-refractivity contribution in [2.24, 2.45) is 0 Å². The van der Waals surface area contributed by atoms with Crippen molar-refractivity contribution in [3.05, 3.63) is 24.4 Å². The van der Waals surface area contributed by atoms with E-state index in [0.717, 1.165) is 29.7 Å². The number of nitrogens with one attached hydrogen (secondary N) is 2. The average molecular weight is 316 g/mol. The van der Waals surface area contributed by atoms with Gasteiger partial charge >= 0.3 is 6.09 Å². The Hall–Kier alpha value is -2.08. The van der Waals surface area contributed by atoms with Crippen LogP contribution in [-0.4, -0.2) is 40.6 Å². The van der Waals surface area contributed by atoms with Crippen LogP contribution in [-0.2, 0) is 4.74 Å². The molecule has 1 fully saturated rings. The average Bonchev–Trinajstić information content (AvgIpc) is 2.90. The first-order valence-electron chi connectivity index (χ1n) is 8.11. The molecule has 0 amide bonds. The molecule has 0 spiro atoms. The van der Waals surface area contributed by atoms with Gasteiger partial charge in [-0.15, -0.1) is 0 Å². The number of carbonyl (C=O) groups is 1. The third kappa shape index (κ3) is 3.82. The summed E-state index contributed by atoms with van der Waals surface area (Å²) in [6.07, 6.45) is 3.60. The van der Waals surface area contributed by atoms with Gasteiger partial charge in [-0.3, -0.25) is 0 Å². The zero-order valence-electron chi connectivity index (χ0n) is 13.9. The largest absolute Gasteiger partial charge is 0.442 e. The number of ether oxygens (including phenoxy) is 1. The standard InChI is InChI=1S/C17H24N4O2/c1-17(2,3)23-16(22)21-15-7-6-13(9-12(15)10-19-21)20-14-5-4-8-18-11-14/h6-7,9-10,14,18,20H,4-5,8,11H2,1-3H3/t14-/m0/s1. The highest BCUT2D eigenvalue weighted by molar-refractivity contribution is 5.89. The van der Waals surface area contributed by atoms with Crippen LogP contribution in [0.15, 0.2) is 24.4 Å². The number of hydrogen-bond acceptors (Lipinski definition) is 5. The first-order valence-corrected chi connectivity index (χ1v) is 8.11. The number of rotatable bonds is 2. The second kappa shape index (κ2) is 6.20. The van der Waals surface area contributed by atoms with Gasteiger partial charge in [-0.1, -0.05) is 0 Å². The molecule has 124 valence electrons. The molecule has 0 radical (unpaired) electrons. The summed E-state index contributed by atoms with van der Waals surface area (Å²) in [5.41, 5.74) is 1.27. The number of benzene rings is 1. The van der Waals surface area contributed by atoms with E-state index in [2.05, 4.69) is 15.7 Å². The Kier molecular flexibility index (Phi) is 4.26. The van der Waals surface area contributed by atoms with Crippen molar-refractivity contribution >= 4 is 22.7 Å². The minimum atomic E-state index is -0.537. The number of anilines is 1. The normalized spacial score (nSPS) is 18.8. The van der Waals surface area contributed by atoms with Gasteiger partial charge in [0, 0.05) is 23.7 Å². The highest BCUT2D eigenvalue weighted by Crippen LogP contribution is 2.21. The molecule has 0 unspecified atom stereocenters. The molecule has 2 heterocycles. The summed E-state index contributed by atoms with van der Waals surface area (Å²) in [6.45, 7) is 7.61. The van der Waals surface area contributed by atoms with E-state index in [1.165, 1.54) is 17.5 Å². The first kappa shape index (κ1) is 15.8. The minimum absolute atomic E-state index is 0.446. The molecule has 1 aromatic carbocycles. The smallest absolute Gasteiger partial charge is 0.435 e. The summed E-state index contributed by atoms with van der Waals surface area (Å²) in [5, 5.41) is 12.0. The molecule has 23 heavy (non-hydrogen) atoms. The van der Waals surface area contributed by atoms with Crippen molar-refractivity contribution in [1.82, 2.24) is 15.1 Å². The summed E-state index contributed by atoms with van der Waals surface area (Å²) in [5.74, 6) is 0. The second-order valence-electron chi connectivity index (χ2n) is 7.00. The Labute approximate surface area is 136 Å². The summed E-state index contributed by atoms with van der Waals surface area (Å²) in [4.78, 5) is 12.2. The quantitative estimate of drug-likeness (QED) is 0.891. The number of fused-ring (bicyclic) bond motifs is 1. The van der Waals surface area contributed by atoms with Gasteiger partial charge in [0.05, 0.1) is 11.7 Å². The van der Waals surface area contributed by atoms with Crippen LogP contribution in [0.5, 0.6) is 0 Å². The lowest BCUT2D eigenvalue weighted by Gasteiger charge is -2.24. The number of piperidine rings is 1. The highest BCUT2D eigenvalue weighted by atomic mass is 16.6. The van der Waals surface area contributed by atoms with Crippen LogP contribution >= 0.6 is 0 Å². The second-order valence-corrected chi connectivity index (χ2v) is 7.00. The van der Waals surface area contributed by atoms with Crippen LogP contribution in [0.1, 0.15) is 33.6 Å². The molecule has 0 bridgehead atoms. The van der Waals surface area contributed by atoms with Crippen molar-refractivity contribution in [2.45, 2.75) is 45.3 Å². The molecule has 6 heteroatoms. The SMILES string of the molecule is CC(C)(C)OC(=O)n1ncc2cc(N[C@H]3CCCNC3)ccc21. The predicted molar refractivity (Wildman–Crippen MR) is 90.9 cm³/mol. The molecular formula is C17H24N4O2. The van der Waals surface area contributed by atoms with E-state index in [1.54, 1.807) is 6.20 Å². The monoisotopic (exact) mass is 316 g/mol. The lowest BCUT2D eigenvalue weighted by atomic mass is 10.1. The summed E-state index contributed by atoms with van der Waals surface area (Å²) < 4.78 is 6.69. The van der Waals surface area contributed by atoms with E-state index >= 15 is 0 Å². The van der Waals surface area contributed by atoms with E-state index in [0.29, 0.717) is 6.04 Å². The number of nitrogens with zero attached hydrogens (tertiary/aromatic N) is 2. The van der Waals surface area contributed by atoms with E-state index in [-0.39, 0.29) is 0 Å². The maximum atomic E-state index is 12.2. The molecule has 1 aliphatic rings. The molecule has 3 rings (SSSR count). The van der Waals surface area contributed by atoms with Crippen molar-refractivity contribution in [1.29, 1.82) is 0 Å². The van der Waals surface area contributed by atoms with Gasteiger partial charge in [-0.25, -0.2) is 4.79 Å². The number of aromatic nitrogens is 2. The molecule has 6 nitrogen and oxygen atoms in total. The lowest BCUT2D eigenvalue weighted by molar-refractivity contribution is 0.0523. The lowest BCUT2D eigenvalue weighted by Crippen LogP contribution is -2.38. The van der Waals surface area contributed by atoms with Gasteiger partial charge in [0.15, 0.2) is 0 Å². The van der Waals surface area contributed by atoms with Crippen molar-refractivity contribution in [3.63, 3.8) is 0 Å². The maximum absolute atomic E-state index is 12.2. The number of hydrogen-bond donors (Lipinski definition) is 2. The van der Waals surface area contributed by atoms with E-state index in [9.17, 15) is 4.79 Å². The zero-order chi connectivity index (χ0) is 16.4. The van der Waals surface area contributed by atoms with Gasteiger partial charge in [0.1, 0.15) is 5.60 Å². The molecular weight excluding hydrogens is 292 g/mol. The summed E-state index contributed by atoms with van der Waals surface area (Å²) >= 11 is 0. The van der Waals surface area contributed by atoms with E-state index in [4.69, 9.17) is 4.74 Å². The Balaban J connectivity index is 1.78. The van der Waals surface area contributed by atoms with E-state index < -0.39 is 11.7 Å². The number of carbonyl (C=O) groups excluding carboxylic acids is 1. The van der Waals surface area contributed by atoms with E-state index in [1.807, 2.05) is 39.0 Å². The fourth-order valence-electron chi connectivity index (χ4n) is 2.78. The zero-order valence-corrected chi connectivity index (χ0v) is 13.9. The predicted octanol–water partition coefficient (Wildman–Crippen LogP) is 2.98. The molecule has 2 N–H and O–H groups in total. The van der Waals surface area contributed by atoms with Gasteiger partial charge in [0.25, 0.3) is 0 Å². The van der Waals surface area contributed by atoms with Crippen molar-refractivity contribution in [2.75, 3.05) is 18.4 Å². The molecule has 2 aromatic rings. The molecule has 0 aliphatic carbocycles. The fourth-order valence-corrected chi connectivity index (χ4v) is 2.78. The third-order valence-corrected chi connectivity index (χ3v) is 3.80. The Morgan fingerprint density at radius 1 is 1.43 bits per heavy atom. The van der Waals surface area contributed by atoms with Crippen LogP contribution in [0.4, 0.5) is 10.5 Å². The van der Waals surface area contributed by atoms with Crippen LogP contribution < -0.4 is 10.6 Å². The van der Waals surface area contributed by atoms with Crippen LogP contribution in [0.3, 0.4) is 0 Å². The summed E-state index contributed by atoms with van der Waals surface area (Å²) in [7, 11) is 0. The van der Waals surface area contributed by atoms with Crippen molar-refractivity contribution in [3.8, 4) is 0 Å². The molecule has 1 aromatic heterocycles. The first-order chi connectivity index (χ1) is 10.9. The van der Waals surface area contributed by atoms with Crippen LogP contribution in [0, 0.1) is 0 Å². The maximum Gasteiger partial charge on any atom is 0.435 e. The molecule has 1 saturated heterocycles. The molecule has 1 atom stereocenters. The Bertz CT molecular complexity index is 696. The fraction of sp³-hybridized carbons (Fsp3) is 0.529. The van der Waals surface area contributed by atoms with Gasteiger partial charge in [0.2, 0.25) is 0 Å². The van der Waals surface area contributed by atoms with Gasteiger partial charge < -0.3 is 15.4 Å². The van der Waals surface area contributed by atoms with Gasteiger partial charge in [-0.05, 0) is 58.4 Å². The van der Waals surface area contributed by atoms with Crippen LogP contribution in [0.2, 0.25) is 0 Å².